The summed E-state index contributed by atoms with van der Waals surface area (Å²) < 4.78 is 0. The molecule has 3 nitrogen and oxygen atoms in total. The summed E-state index contributed by atoms with van der Waals surface area (Å²) in [5.74, 6) is 0.124. The van der Waals surface area contributed by atoms with Crippen molar-refractivity contribution in [2.24, 2.45) is 5.92 Å². The van der Waals surface area contributed by atoms with Crippen LogP contribution >= 0.6 is 11.6 Å². The smallest absolute Gasteiger partial charge is 0.226 e. The second-order valence-corrected chi connectivity index (χ2v) is 3.34. The Hall–Kier alpha value is -0.280. The van der Waals surface area contributed by atoms with Crippen LogP contribution in [0.3, 0.4) is 0 Å². The fraction of sp³-hybridized carbons (Fsp3) is 0.875. The Labute approximate surface area is 78.3 Å². The summed E-state index contributed by atoms with van der Waals surface area (Å²) >= 11 is 5.53. The number of amides is 1. The van der Waals surface area contributed by atoms with Crippen molar-refractivity contribution in [3.8, 4) is 0 Å². The van der Waals surface area contributed by atoms with E-state index in [0.29, 0.717) is 5.88 Å². The van der Waals surface area contributed by atoms with Crippen molar-refractivity contribution < 1.29 is 9.90 Å². The molecule has 1 amide bonds. The van der Waals surface area contributed by atoms with Crippen LogP contribution in [0.15, 0.2) is 0 Å². The molecule has 0 saturated carbocycles. The van der Waals surface area contributed by atoms with Crippen molar-refractivity contribution in [2.45, 2.75) is 19.9 Å². The molecule has 0 aromatic carbocycles. The van der Waals surface area contributed by atoms with Crippen LogP contribution in [0.25, 0.3) is 0 Å². The first kappa shape index (κ1) is 11.7. The van der Waals surface area contributed by atoms with E-state index in [0.717, 1.165) is 0 Å². The molecular formula is C8H16ClNO2. The Kier molecular flexibility index (Phi) is 5.25. The minimum absolute atomic E-state index is 0.0166. The van der Waals surface area contributed by atoms with Gasteiger partial charge in [0.05, 0.1) is 12.6 Å². The molecule has 72 valence electrons. The summed E-state index contributed by atoms with van der Waals surface area (Å²) in [7, 11) is 1.67. The van der Waals surface area contributed by atoms with Crippen LogP contribution in [0.2, 0.25) is 0 Å². The molecule has 0 aliphatic rings. The monoisotopic (exact) mass is 193 g/mol. The lowest BCUT2D eigenvalue weighted by molar-refractivity contribution is -0.135. The Morgan fingerprint density at radius 2 is 2.08 bits per heavy atom. The first-order valence-corrected chi connectivity index (χ1v) is 4.51. The van der Waals surface area contributed by atoms with E-state index in [-0.39, 0.29) is 24.5 Å². The van der Waals surface area contributed by atoms with Crippen LogP contribution in [0, 0.1) is 5.92 Å². The zero-order valence-corrected chi connectivity index (χ0v) is 8.51. The molecule has 2 atom stereocenters. The largest absolute Gasteiger partial charge is 0.394 e. The van der Waals surface area contributed by atoms with E-state index in [1.165, 1.54) is 4.90 Å². The molecule has 0 saturated heterocycles. The van der Waals surface area contributed by atoms with Crippen molar-refractivity contribution in [3.63, 3.8) is 0 Å². The van der Waals surface area contributed by atoms with Gasteiger partial charge in [0.1, 0.15) is 0 Å². The van der Waals surface area contributed by atoms with Gasteiger partial charge < -0.3 is 10.0 Å². The number of carbonyl (C=O) groups excluding carboxylic acids is 1. The van der Waals surface area contributed by atoms with Crippen LogP contribution in [-0.4, -0.2) is 41.5 Å². The second-order valence-electron chi connectivity index (χ2n) is 3.04. The number of carbonyl (C=O) groups is 1. The highest BCUT2D eigenvalue weighted by atomic mass is 35.5. The number of likely N-dealkylation sites (N-methyl/N-ethyl adjacent to an activating group) is 1. The van der Waals surface area contributed by atoms with Gasteiger partial charge in [0.25, 0.3) is 0 Å². The van der Waals surface area contributed by atoms with E-state index < -0.39 is 0 Å². The summed E-state index contributed by atoms with van der Waals surface area (Å²) in [5.41, 5.74) is 0. The minimum atomic E-state index is -0.175. The quantitative estimate of drug-likeness (QED) is 0.668. The molecule has 0 spiro atoms. The van der Waals surface area contributed by atoms with Crippen molar-refractivity contribution in [1.29, 1.82) is 0 Å². The minimum Gasteiger partial charge on any atom is -0.394 e. The number of hydrogen-bond acceptors (Lipinski definition) is 2. The highest BCUT2D eigenvalue weighted by Crippen LogP contribution is 2.05. The molecule has 1 N–H and O–H groups in total. The van der Waals surface area contributed by atoms with E-state index in [2.05, 4.69) is 0 Å². The Morgan fingerprint density at radius 1 is 1.58 bits per heavy atom. The lowest BCUT2D eigenvalue weighted by Gasteiger charge is -2.25. The Morgan fingerprint density at radius 3 is 2.42 bits per heavy atom. The maximum Gasteiger partial charge on any atom is 0.226 e. The number of aliphatic hydroxyl groups excluding tert-OH is 1. The van der Waals surface area contributed by atoms with Gasteiger partial charge in [-0.1, -0.05) is 6.92 Å². The zero-order chi connectivity index (χ0) is 9.72. The molecule has 0 heterocycles. The third-order valence-electron chi connectivity index (χ3n) is 1.93. The summed E-state index contributed by atoms with van der Waals surface area (Å²) in [5, 5.41) is 8.78. The van der Waals surface area contributed by atoms with Crippen molar-refractivity contribution in [2.75, 3.05) is 19.5 Å². The summed E-state index contributed by atoms with van der Waals surface area (Å²) in [6.07, 6.45) is 0. The van der Waals surface area contributed by atoms with Gasteiger partial charge in [-0.25, -0.2) is 0 Å². The number of hydrogen-bond donors (Lipinski definition) is 1. The average molecular weight is 194 g/mol. The van der Waals surface area contributed by atoms with Gasteiger partial charge in [0.2, 0.25) is 5.91 Å². The van der Waals surface area contributed by atoms with Gasteiger partial charge in [0.15, 0.2) is 0 Å². The maximum absolute atomic E-state index is 11.4. The molecule has 0 radical (unpaired) electrons. The number of nitrogens with zero attached hydrogens (tertiary/aromatic N) is 1. The second kappa shape index (κ2) is 5.38. The van der Waals surface area contributed by atoms with Crippen molar-refractivity contribution in [3.05, 3.63) is 0 Å². The van der Waals surface area contributed by atoms with E-state index in [1.807, 2.05) is 0 Å². The first-order valence-electron chi connectivity index (χ1n) is 3.98. The summed E-state index contributed by atoms with van der Waals surface area (Å²) in [4.78, 5) is 12.9. The van der Waals surface area contributed by atoms with E-state index in [1.54, 1.807) is 20.9 Å². The third-order valence-corrected chi connectivity index (χ3v) is 2.39. The molecule has 0 aromatic heterocycles. The van der Waals surface area contributed by atoms with Gasteiger partial charge in [0, 0.05) is 18.8 Å². The molecule has 2 unspecified atom stereocenters. The van der Waals surface area contributed by atoms with Gasteiger partial charge in [-0.05, 0) is 6.92 Å². The van der Waals surface area contributed by atoms with Crippen LogP contribution < -0.4 is 0 Å². The SMILES string of the molecule is CC(CCl)C(=O)N(C)C(C)CO. The summed E-state index contributed by atoms with van der Waals surface area (Å²) in [6, 6.07) is -0.136. The van der Waals surface area contributed by atoms with Gasteiger partial charge in [-0.3, -0.25) is 4.79 Å². The van der Waals surface area contributed by atoms with Gasteiger partial charge >= 0.3 is 0 Å². The van der Waals surface area contributed by atoms with Crippen LogP contribution in [-0.2, 0) is 4.79 Å². The molecule has 0 aliphatic carbocycles. The third kappa shape index (κ3) is 2.99. The molecular weight excluding hydrogens is 178 g/mol. The number of rotatable bonds is 4. The molecule has 12 heavy (non-hydrogen) atoms. The molecule has 4 heteroatoms. The normalized spacial score (nSPS) is 15.4. The van der Waals surface area contributed by atoms with Crippen molar-refractivity contribution >= 4 is 17.5 Å². The van der Waals surface area contributed by atoms with Crippen LogP contribution in [0.4, 0.5) is 0 Å². The Balaban J connectivity index is 4.09. The van der Waals surface area contributed by atoms with Gasteiger partial charge in [-0.2, -0.15) is 0 Å². The fourth-order valence-electron chi connectivity index (χ4n) is 0.753. The topological polar surface area (TPSA) is 40.5 Å². The highest BCUT2D eigenvalue weighted by Gasteiger charge is 2.19. The lowest BCUT2D eigenvalue weighted by atomic mass is 10.1. The van der Waals surface area contributed by atoms with Crippen molar-refractivity contribution in [1.82, 2.24) is 4.90 Å². The van der Waals surface area contributed by atoms with Crippen LogP contribution in [0.1, 0.15) is 13.8 Å². The lowest BCUT2D eigenvalue weighted by Crippen LogP contribution is -2.40. The fourth-order valence-corrected chi connectivity index (χ4v) is 0.885. The number of halogens is 1. The molecule has 0 aliphatic heterocycles. The first-order chi connectivity index (χ1) is 5.54. The molecule has 0 bridgehead atoms. The predicted molar refractivity (Wildman–Crippen MR) is 49.2 cm³/mol. The zero-order valence-electron chi connectivity index (χ0n) is 7.75. The number of aliphatic hydroxyl groups is 1. The molecule has 0 aromatic rings. The predicted octanol–water partition coefficient (Wildman–Crippen LogP) is 0.700. The average Bonchev–Trinajstić information content (AvgIpc) is 2.12. The molecule has 0 rings (SSSR count). The number of alkyl halides is 1. The van der Waals surface area contributed by atoms with Crippen LogP contribution in [0.5, 0.6) is 0 Å². The summed E-state index contributed by atoms with van der Waals surface area (Å²) in [6.45, 7) is 3.55. The maximum atomic E-state index is 11.4. The highest BCUT2D eigenvalue weighted by molar-refractivity contribution is 6.19. The van der Waals surface area contributed by atoms with Gasteiger partial charge in [-0.15, -0.1) is 11.6 Å². The Bertz CT molecular complexity index is 152. The molecule has 0 fully saturated rings. The van der Waals surface area contributed by atoms with E-state index in [4.69, 9.17) is 16.7 Å². The standard InChI is InChI=1S/C8H16ClNO2/c1-6(4-9)8(12)10(3)7(2)5-11/h6-7,11H,4-5H2,1-3H3. The van der Waals surface area contributed by atoms with E-state index in [9.17, 15) is 4.79 Å². The van der Waals surface area contributed by atoms with E-state index >= 15 is 0 Å².